The highest BCUT2D eigenvalue weighted by molar-refractivity contribution is 5.95. The van der Waals surface area contributed by atoms with Crippen LogP contribution >= 0.6 is 12.4 Å². The number of hydrogen-bond donors (Lipinski definition) is 2. The molecule has 1 aliphatic carbocycles. The highest BCUT2D eigenvalue weighted by Crippen LogP contribution is 2.30. The van der Waals surface area contributed by atoms with E-state index in [2.05, 4.69) is 10.6 Å². The Hall–Kier alpha value is -1.95. The van der Waals surface area contributed by atoms with Gasteiger partial charge in [0.05, 0.1) is 11.8 Å². The minimum absolute atomic E-state index is 0. The van der Waals surface area contributed by atoms with Crippen molar-refractivity contribution in [2.45, 2.75) is 50.9 Å². The van der Waals surface area contributed by atoms with Crippen LogP contribution in [0.5, 0.6) is 0 Å². The first kappa shape index (κ1) is 20.8. The van der Waals surface area contributed by atoms with Crippen molar-refractivity contribution in [3.8, 4) is 0 Å². The monoisotopic (exact) mass is 404 g/mol. The topological polar surface area (TPSA) is 50.4 Å². The van der Waals surface area contributed by atoms with Crippen LogP contribution in [0.25, 0.3) is 0 Å². The Bertz CT molecular complexity index is 810. The van der Waals surface area contributed by atoms with E-state index in [9.17, 15) is 9.18 Å². The average molecular weight is 405 g/mol. The van der Waals surface area contributed by atoms with Crippen LogP contribution < -0.4 is 10.6 Å². The number of fused-ring (bicyclic) bond motifs is 1. The van der Waals surface area contributed by atoms with Gasteiger partial charge in [0.2, 0.25) is 0 Å². The van der Waals surface area contributed by atoms with Gasteiger partial charge in [-0.15, -0.1) is 12.4 Å². The highest BCUT2D eigenvalue weighted by Gasteiger charge is 2.28. The number of rotatable bonds is 5. The van der Waals surface area contributed by atoms with Crippen molar-refractivity contribution in [3.05, 3.63) is 65.0 Å². The minimum Gasteiger partial charge on any atom is -0.360 e. The highest BCUT2D eigenvalue weighted by atomic mass is 35.5. The van der Waals surface area contributed by atoms with Crippen LogP contribution in [0.15, 0.2) is 42.5 Å². The molecule has 150 valence electrons. The first-order valence-corrected chi connectivity index (χ1v) is 9.74. The predicted molar refractivity (Wildman–Crippen MR) is 110 cm³/mol. The second-order valence-electron chi connectivity index (χ2n) is 7.31. The number of benzene rings is 2. The molecule has 0 aromatic heterocycles. The van der Waals surface area contributed by atoms with Crippen molar-refractivity contribution >= 4 is 24.0 Å². The van der Waals surface area contributed by atoms with Gasteiger partial charge in [0.15, 0.2) is 6.10 Å². The summed E-state index contributed by atoms with van der Waals surface area (Å²) in [6.07, 6.45) is 4.17. The van der Waals surface area contributed by atoms with Gasteiger partial charge in [0.1, 0.15) is 5.82 Å². The number of ether oxygens (including phenoxy) is 1. The fraction of sp³-hybridized carbons (Fsp3) is 0.409. The second-order valence-corrected chi connectivity index (χ2v) is 7.31. The van der Waals surface area contributed by atoms with Crippen molar-refractivity contribution in [3.63, 3.8) is 0 Å². The third-order valence-electron chi connectivity index (χ3n) is 5.44. The standard InChI is InChI=1S/C22H25FN2O2.ClH/c23-20-18-12-13-24-14-16(18)10-11-19(20)25-22(26)21(15-6-2-1-3-7-15)27-17-8-4-5-9-17;/h1-3,6-7,10-11,17,21,24H,4-5,8-9,12-14H2,(H,25,26);1H. The van der Waals surface area contributed by atoms with Gasteiger partial charge in [-0.05, 0) is 48.6 Å². The number of nitrogens with one attached hydrogen (secondary N) is 2. The molecule has 28 heavy (non-hydrogen) atoms. The second kappa shape index (κ2) is 9.50. The van der Waals surface area contributed by atoms with Crippen LogP contribution in [0.4, 0.5) is 10.1 Å². The number of carbonyl (C=O) groups excluding carboxylic acids is 1. The Morgan fingerprint density at radius 1 is 1.14 bits per heavy atom. The number of carbonyl (C=O) groups is 1. The molecule has 1 aliphatic heterocycles. The van der Waals surface area contributed by atoms with Crippen molar-refractivity contribution in [1.82, 2.24) is 5.32 Å². The molecular weight excluding hydrogens is 379 g/mol. The van der Waals surface area contributed by atoms with E-state index >= 15 is 0 Å². The van der Waals surface area contributed by atoms with Gasteiger partial charge in [-0.3, -0.25) is 4.79 Å². The molecule has 4 rings (SSSR count). The van der Waals surface area contributed by atoms with E-state index in [0.29, 0.717) is 18.5 Å². The Balaban J connectivity index is 0.00000225. The third-order valence-corrected chi connectivity index (χ3v) is 5.44. The largest absolute Gasteiger partial charge is 0.360 e. The molecule has 1 fully saturated rings. The Morgan fingerprint density at radius 2 is 1.89 bits per heavy atom. The molecule has 2 aromatic rings. The lowest BCUT2D eigenvalue weighted by molar-refractivity contribution is -0.131. The Morgan fingerprint density at radius 3 is 2.64 bits per heavy atom. The molecule has 1 unspecified atom stereocenters. The molecule has 2 aliphatic rings. The van der Waals surface area contributed by atoms with E-state index < -0.39 is 6.10 Å². The molecule has 1 amide bonds. The molecule has 0 bridgehead atoms. The SMILES string of the molecule is Cl.O=C(Nc1ccc2c(c1F)CCNC2)C(OC1CCCC1)c1ccccc1. The molecule has 1 saturated carbocycles. The van der Waals surface area contributed by atoms with Gasteiger partial charge in [-0.2, -0.15) is 0 Å². The summed E-state index contributed by atoms with van der Waals surface area (Å²) in [6, 6.07) is 13.0. The Labute approximate surface area is 171 Å². The number of amides is 1. The first-order chi connectivity index (χ1) is 13.2. The smallest absolute Gasteiger partial charge is 0.258 e. The average Bonchev–Trinajstić information content (AvgIpc) is 3.22. The summed E-state index contributed by atoms with van der Waals surface area (Å²) >= 11 is 0. The van der Waals surface area contributed by atoms with E-state index in [1.165, 1.54) is 0 Å². The van der Waals surface area contributed by atoms with Crippen LogP contribution in [-0.4, -0.2) is 18.6 Å². The maximum absolute atomic E-state index is 14.9. The molecule has 0 radical (unpaired) electrons. The first-order valence-electron chi connectivity index (χ1n) is 9.74. The molecule has 4 nitrogen and oxygen atoms in total. The quantitative estimate of drug-likeness (QED) is 0.769. The van der Waals surface area contributed by atoms with Gasteiger partial charge in [-0.25, -0.2) is 4.39 Å². The zero-order chi connectivity index (χ0) is 18.6. The molecular formula is C22H26ClFN2O2. The normalized spacial score (nSPS) is 17.5. The maximum atomic E-state index is 14.9. The van der Waals surface area contributed by atoms with Crippen LogP contribution in [0.1, 0.15) is 48.5 Å². The maximum Gasteiger partial charge on any atom is 0.258 e. The lowest BCUT2D eigenvalue weighted by atomic mass is 9.99. The molecule has 1 heterocycles. The van der Waals surface area contributed by atoms with Gasteiger partial charge in [0, 0.05) is 6.54 Å². The van der Waals surface area contributed by atoms with Crippen molar-refractivity contribution < 1.29 is 13.9 Å². The number of halogens is 2. The lowest BCUT2D eigenvalue weighted by Gasteiger charge is -2.23. The molecule has 0 spiro atoms. The summed E-state index contributed by atoms with van der Waals surface area (Å²) in [5, 5.41) is 6.01. The zero-order valence-electron chi connectivity index (χ0n) is 15.7. The summed E-state index contributed by atoms with van der Waals surface area (Å²) in [7, 11) is 0. The third kappa shape index (κ3) is 4.54. The molecule has 2 aromatic carbocycles. The van der Waals surface area contributed by atoms with Gasteiger partial charge >= 0.3 is 0 Å². The van der Waals surface area contributed by atoms with Crippen molar-refractivity contribution in [2.75, 3.05) is 11.9 Å². The van der Waals surface area contributed by atoms with Crippen LogP contribution in [0.2, 0.25) is 0 Å². The molecule has 2 N–H and O–H groups in total. The van der Waals surface area contributed by atoms with Gasteiger partial charge in [0.25, 0.3) is 5.91 Å². The number of anilines is 1. The van der Waals surface area contributed by atoms with Crippen molar-refractivity contribution in [2.24, 2.45) is 0 Å². The predicted octanol–water partition coefficient (Wildman–Crippen LogP) is 4.53. The van der Waals surface area contributed by atoms with Crippen LogP contribution in [0.3, 0.4) is 0 Å². The molecule has 0 saturated heterocycles. The lowest BCUT2D eigenvalue weighted by Crippen LogP contribution is -2.28. The summed E-state index contributed by atoms with van der Waals surface area (Å²) in [4.78, 5) is 13.0. The van der Waals surface area contributed by atoms with E-state index in [0.717, 1.165) is 43.4 Å². The van der Waals surface area contributed by atoms with Gasteiger partial charge < -0.3 is 15.4 Å². The minimum atomic E-state index is -0.730. The van der Waals surface area contributed by atoms with Crippen LogP contribution in [0, 0.1) is 5.82 Å². The van der Waals surface area contributed by atoms with E-state index in [-0.39, 0.29) is 35.9 Å². The molecule has 6 heteroatoms. The Kier molecular flexibility index (Phi) is 7.05. The summed E-state index contributed by atoms with van der Waals surface area (Å²) in [5.74, 6) is -0.643. The van der Waals surface area contributed by atoms with E-state index in [1.54, 1.807) is 6.07 Å². The van der Waals surface area contributed by atoms with Crippen LogP contribution in [-0.2, 0) is 22.5 Å². The van der Waals surface area contributed by atoms with E-state index in [1.807, 2.05) is 36.4 Å². The van der Waals surface area contributed by atoms with Gasteiger partial charge in [-0.1, -0.05) is 49.2 Å². The van der Waals surface area contributed by atoms with Crippen molar-refractivity contribution in [1.29, 1.82) is 0 Å². The van der Waals surface area contributed by atoms with E-state index in [4.69, 9.17) is 4.74 Å². The summed E-state index contributed by atoms with van der Waals surface area (Å²) < 4.78 is 21.0. The molecule has 1 atom stereocenters. The fourth-order valence-electron chi connectivity index (χ4n) is 3.96. The fourth-order valence-corrected chi connectivity index (χ4v) is 3.96. The summed E-state index contributed by atoms with van der Waals surface area (Å²) in [5.41, 5.74) is 2.68. The number of hydrogen-bond acceptors (Lipinski definition) is 3. The zero-order valence-corrected chi connectivity index (χ0v) is 16.6. The summed E-state index contributed by atoms with van der Waals surface area (Å²) in [6.45, 7) is 1.41.